The highest BCUT2D eigenvalue weighted by molar-refractivity contribution is 9.10. The number of nitrogens with one attached hydrogen (secondary N) is 2. The molecule has 4 nitrogen and oxygen atoms in total. The molecule has 1 amide bonds. The van der Waals surface area contributed by atoms with Gasteiger partial charge in [0.2, 0.25) is 5.91 Å². The SMILES string of the molecule is CC(C)C(=O)NC(=S)Nc1nc(-c2ccc(Br)cc2)cs1. The van der Waals surface area contributed by atoms with Crippen molar-refractivity contribution in [1.82, 2.24) is 10.3 Å². The first-order valence-electron chi connectivity index (χ1n) is 6.29. The smallest absolute Gasteiger partial charge is 0.228 e. The fraction of sp³-hybridized carbons (Fsp3) is 0.214. The quantitative estimate of drug-likeness (QED) is 0.785. The lowest BCUT2D eigenvalue weighted by atomic mass is 10.2. The Morgan fingerprint density at radius 2 is 2.00 bits per heavy atom. The van der Waals surface area contributed by atoms with Crippen molar-refractivity contribution in [2.45, 2.75) is 13.8 Å². The Hall–Kier alpha value is -1.31. The third kappa shape index (κ3) is 4.59. The van der Waals surface area contributed by atoms with Crippen molar-refractivity contribution in [2.75, 3.05) is 5.32 Å². The van der Waals surface area contributed by atoms with E-state index in [0.717, 1.165) is 15.7 Å². The van der Waals surface area contributed by atoms with Crippen LogP contribution < -0.4 is 10.6 Å². The highest BCUT2D eigenvalue weighted by Crippen LogP contribution is 2.25. The first-order chi connectivity index (χ1) is 9.95. The van der Waals surface area contributed by atoms with Crippen LogP contribution >= 0.6 is 39.5 Å². The minimum Gasteiger partial charge on any atom is -0.308 e. The van der Waals surface area contributed by atoms with Gasteiger partial charge in [0.05, 0.1) is 5.69 Å². The molecule has 0 unspecified atom stereocenters. The zero-order chi connectivity index (χ0) is 15.4. The Bertz CT molecular complexity index is 652. The number of aromatic nitrogens is 1. The van der Waals surface area contributed by atoms with Gasteiger partial charge < -0.3 is 10.6 Å². The number of thiocarbonyl (C=S) groups is 1. The van der Waals surface area contributed by atoms with E-state index in [0.29, 0.717) is 5.13 Å². The van der Waals surface area contributed by atoms with Crippen LogP contribution in [0.2, 0.25) is 0 Å². The van der Waals surface area contributed by atoms with E-state index in [1.54, 1.807) is 0 Å². The van der Waals surface area contributed by atoms with E-state index >= 15 is 0 Å². The highest BCUT2D eigenvalue weighted by atomic mass is 79.9. The summed E-state index contributed by atoms with van der Waals surface area (Å²) in [7, 11) is 0. The number of hydrogen-bond donors (Lipinski definition) is 2. The van der Waals surface area contributed by atoms with Crippen LogP contribution in [0, 0.1) is 5.92 Å². The molecule has 0 aliphatic heterocycles. The molecule has 2 rings (SSSR count). The molecule has 0 radical (unpaired) electrons. The van der Waals surface area contributed by atoms with E-state index in [2.05, 4.69) is 31.5 Å². The van der Waals surface area contributed by atoms with E-state index in [1.807, 2.05) is 43.5 Å². The Morgan fingerprint density at radius 3 is 2.62 bits per heavy atom. The summed E-state index contributed by atoms with van der Waals surface area (Å²) in [5.41, 5.74) is 1.90. The summed E-state index contributed by atoms with van der Waals surface area (Å²) >= 11 is 9.93. The minimum absolute atomic E-state index is 0.112. The van der Waals surface area contributed by atoms with Crippen molar-refractivity contribution in [1.29, 1.82) is 0 Å². The number of hydrogen-bond acceptors (Lipinski definition) is 4. The average Bonchev–Trinajstić information content (AvgIpc) is 2.87. The van der Waals surface area contributed by atoms with Crippen LogP contribution in [0.3, 0.4) is 0 Å². The van der Waals surface area contributed by atoms with Gasteiger partial charge in [0, 0.05) is 21.3 Å². The molecule has 21 heavy (non-hydrogen) atoms. The summed E-state index contributed by atoms with van der Waals surface area (Å²) in [4.78, 5) is 16.0. The lowest BCUT2D eigenvalue weighted by molar-refractivity contribution is -0.122. The Balaban J connectivity index is 2.02. The molecule has 0 bridgehead atoms. The third-order valence-corrected chi connectivity index (χ3v) is 4.12. The second-order valence-corrected chi connectivity index (χ2v) is 6.82. The summed E-state index contributed by atoms with van der Waals surface area (Å²) in [5, 5.41) is 8.42. The normalized spacial score (nSPS) is 10.5. The van der Waals surface area contributed by atoms with E-state index < -0.39 is 0 Å². The van der Waals surface area contributed by atoms with Crippen molar-refractivity contribution in [3.63, 3.8) is 0 Å². The van der Waals surface area contributed by atoms with Crippen LogP contribution in [0.15, 0.2) is 34.1 Å². The minimum atomic E-state index is -0.114. The lowest BCUT2D eigenvalue weighted by Crippen LogP contribution is -2.36. The number of amides is 1. The predicted octanol–water partition coefficient (Wildman–Crippen LogP) is 4.04. The van der Waals surface area contributed by atoms with Crippen LogP contribution in [0.4, 0.5) is 5.13 Å². The molecule has 1 aromatic heterocycles. The van der Waals surface area contributed by atoms with E-state index in [1.165, 1.54) is 11.3 Å². The standard InChI is InChI=1S/C14H14BrN3OS2/c1-8(2)12(19)17-13(20)18-14-16-11(7-21-14)9-3-5-10(15)6-4-9/h3-8H,1-2H3,(H2,16,17,18,19,20). The molecule has 2 aromatic rings. The molecule has 0 saturated heterocycles. The van der Waals surface area contributed by atoms with Crippen LogP contribution in [0.1, 0.15) is 13.8 Å². The summed E-state index contributed by atoms with van der Waals surface area (Å²) in [5.74, 6) is -0.225. The van der Waals surface area contributed by atoms with Crippen LogP contribution in [-0.4, -0.2) is 16.0 Å². The number of anilines is 1. The van der Waals surface area contributed by atoms with Crippen molar-refractivity contribution in [2.24, 2.45) is 5.92 Å². The highest BCUT2D eigenvalue weighted by Gasteiger charge is 2.10. The zero-order valence-electron chi connectivity index (χ0n) is 11.5. The van der Waals surface area contributed by atoms with Gasteiger partial charge in [-0.15, -0.1) is 11.3 Å². The van der Waals surface area contributed by atoms with Gasteiger partial charge in [-0.1, -0.05) is 41.9 Å². The lowest BCUT2D eigenvalue weighted by Gasteiger charge is -2.08. The van der Waals surface area contributed by atoms with Gasteiger partial charge in [-0.3, -0.25) is 4.79 Å². The van der Waals surface area contributed by atoms with Gasteiger partial charge in [0.15, 0.2) is 10.2 Å². The number of halogens is 1. The molecule has 0 aliphatic carbocycles. The van der Waals surface area contributed by atoms with Crippen molar-refractivity contribution >= 4 is 55.6 Å². The molecule has 0 atom stereocenters. The largest absolute Gasteiger partial charge is 0.308 e. The predicted molar refractivity (Wildman–Crippen MR) is 94.5 cm³/mol. The fourth-order valence-corrected chi connectivity index (χ4v) is 2.72. The molecule has 0 fully saturated rings. The first kappa shape index (κ1) is 16.1. The molecule has 0 saturated carbocycles. The van der Waals surface area contributed by atoms with Crippen molar-refractivity contribution in [3.05, 3.63) is 34.1 Å². The summed E-state index contributed by atoms with van der Waals surface area (Å²) in [6.45, 7) is 3.62. The van der Waals surface area contributed by atoms with Crippen LogP contribution in [0.5, 0.6) is 0 Å². The average molecular weight is 384 g/mol. The summed E-state index contributed by atoms with van der Waals surface area (Å²) in [6.07, 6.45) is 0. The summed E-state index contributed by atoms with van der Waals surface area (Å²) < 4.78 is 1.03. The zero-order valence-corrected chi connectivity index (χ0v) is 14.7. The number of thiazole rings is 1. The molecule has 1 aromatic carbocycles. The number of benzene rings is 1. The van der Waals surface area contributed by atoms with Gasteiger partial charge in [0.25, 0.3) is 0 Å². The topological polar surface area (TPSA) is 54.0 Å². The molecule has 0 aliphatic rings. The maximum absolute atomic E-state index is 11.5. The monoisotopic (exact) mass is 383 g/mol. The molecule has 7 heteroatoms. The Morgan fingerprint density at radius 1 is 1.33 bits per heavy atom. The van der Waals surface area contributed by atoms with Crippen molar-refractivity contribution < 1.29 is 4.79 Å². The van der Waals surface area contributed by atoms with Gasteiger partial charge >= 0.3 is 0 Å². The van der Waals surface area contributed by atoms with E-state index in [-0.39, 0.29) is 16.9 Å². The van der Waals surface area contributed by atoms with Gasteiger partial charge in [-0.05, 0) is 24.4 Å². The molecule has 2 N–H and O–H groups in total. The fourth-order valence-electron chi connectivity index (χ4n) is 1.47. The van der Waals surface area contributed by atoms with Crippen LogP contribution in [-0.2, 0) is 4.79 Å². The molecule has 0 spiro atoms. The third-order valence-electron chi connectivity index (χ3n) is 2.63. The number of rotatable bonds is 3. The number of carbonyl (C=O) groups is 1. The van der Waals surface area contributed by atoms with Crippen LogP contribution in [0.25, 0.3) is 11.3 Å². The Labute approximate surface area is 141 Å². The molecular weight excluding hydrogens is 370 g/mol. The van der Waals surface area contributed by atoms with Gasteiger partial charge in [-0.25, -0.2) is 4.98 Å². The van der Waals surface area contributed by atoms with Gasteiger partial charge in [-0.2, -0.15) is 0 Å². The first-order valence-corrected chi connectivity index (χ1v) is 8.37. The van der Waals surface area contributed by atoms with Gasteiger partial charge in [0.1, 0.15) is 0 Å². The Kier molecular flexibility index (Phi) is 5.44. The number of carbonyl (C=O) groups excluding carboxylic acids is 1. The second-order valence-electron chi connectivity index (χ2n) is 4.64. The maximum atomic E-state index is 11.5. The maximum Gasteiger partial charge on any atom is 0.228 e. The van der Waals surface area contributed by atoms with Crippen molar-refractivity contribution in [3.8, 4) is 11.3 Å². The molecule has 1 heterocycles. The van der Waals surface area contributed by atoms with E-state index in [9.17, 15) is 4.79 Å². The second kappa shape index (κ2) is 7.11. The molecule has 110 valence electrons. The molecular formula is C14H14BrN3OS2. The summed E-state index contributed by atoms with van der Waals surface area (Å²) in [6, 6.07) is 7.91. The number of nitrogens with zero attached hydrogens (tertiary/aromatic N) is 1. The van der Waals surface area contributed by atoms with E-state index in [4.69, 9.17) is 12.2 Å².